The fourth-order valence-corrected chi connectivity index (χ4v) is 10.8. The van der Waals surface area contributed by atoms with Gasteiger partial charge in [0, 0.05) is 25.7 Å². The monoisotopic (exact) mass is 742 g/mol. The van der Waals surface area contributed by atoms with E-state index >= 15 is 0 Å². The van der Waals surface area contributed by atoms with Gasteiger partial charge in [0.1, 0.15) is 5.82 Å². The number of pyridine rings is 1. The third-order valence-electron chi connectivity index (χ3n) is 12.1. The van der Waals surface area contributed by atoms with Crippen LogP contribution in [0.1, 0.15) is 22.3 Å². The highest BCUT2D eigenvalue weighted by atomic mass is 32.1. The molecule has 1 aliphatic carbocycles. The van der Waals surface area contributed by atoms with Gasteiger partial charge in [-0.3, -0.25) is 4.90 Å². The second-order valence-electron chi connectivity index (χ2n) is 15.1. The van der Waals surface area contributed by atoms with Crippen molar-refractivity contribution < 1.29 is 0 Å². The Kier molecular flexibility index (Phi) is 7.05. The van der Waals surface area contributed by atoms with Crippen LogP contribution in [0.4, 0.5) is 17.2 Å². The molecule has 1 spiro atoms. The van der Waals surface area contributed by atoms with Crippen molar-refractivity contribution in [2.24, 2.45) is 0 Å². The molecular weight excluding hydrogens is 709 g/mol. The van der Waals surface area contributed by atoms with Crippen molar-refractivity contribution in [3.05, 3.63) is 229 Å². The number of aromatic nitrogens is 1. The average molecular weight is 743 g/mol. The van der Waals surface area contributed by atoms with Crippen LogP contribution < -0.4 is 4.90 Å². The van der Waals surface area contributed by atoms with Gasteiger partial charge >= 0.3 is 0 Å². The van der Waals surface area contributed by atoms with Crippen LogP contribution in [0.5, 0.6) is 0 Å². The summed E-state index contributed by atoms with van der Waals surface area (Å²) in [7, 11) is 0. The van der Waals surface area contributed by atoms with Crippen LogP contribution in [0.25, 0.3) is 64.8 Å². The quantitative estimate of drug-likeness (QED) is 0.178. The average Bonchev–Trinajstić information content (AvgIpc) is 3.80. The standard InChI is InChI=1S/C54H34N2S/c1-3-15-35(16-4-1)39-31-48(36-17-5-2-6-18-36)55-53(34-39)56-49-25-13-12-24-46(49)54(44-22-10-7-19-40(44)41-20-8-11-23-45(41)54)47-30-28-37(32-50(47)56)38-27-29-43-42-21-9-14-26-51(42)57-52(43)33-38/h1-34H. The molecule has 0 N–H and O–H groups in total. The molecule has 0 fully saturated rings. The zero-order chi connectivity index (χ0) is 37.5. The van der Waals surface area contributed by atoms with Crippen molar-refractivity contribution in [1.29, 1.82) is 0 Å². The summed E-state index contributed by atoms with van der Waals surface area (Å²) in [5.74, 6) is 0.885. The lowest BCUT2D eigenvalue weighted by Crippen LogP contribution is -2.36. The second kappa shape index (κ2) is 12.5. The van der Waals surface area contributed by atoms with Gasteiger partial charge in [0.15, 0.2) is 0 Å². The number of para-hydroxylation sites is 1. The first-order chi connectivity index (χ1) is 28.3. The summed E-state index contributed by atoms with van der Waals surface area (Å²) in [6, 6.07) is 75.7. The molecule has 57 heavy (non-hydrogen) atoms. The van der Waals surface area contributed by atoms with E-state index in [1.165, 1.54) is 64.7 Å². The van der Waals surface area contributed by atoms with E-state index in [0.29, 0.717) is 0 Å². The van der Waals surface area contributed by atoms with E-state index in [2.05, 4.69) is 211 Å². The van der Waals surface area contributed by atoms with E-state index in [1.54, 1.807) is 0 Å². The van der Waals surface area contributed by atoms with Gasteiger partial charge in [-0.2, -0.15) is 0 Å². The van der Waals surface area contributed by atoms with Crippen LogP contribution >= 0.6 is 11.3 Å². The minimum Gasteiger partial charge on any atom is -0.294 e. The summed E-state index contributed by atoms with van der Waals surface area (Å²) < 4.78 is 2.62. The molecule has 0 radical (unpaired) electrons. The summed E-state index contributed by atoms with van der Waals surface area (Å²) in [5, 5.41) is 2.62. The summed E-state index contributed by atoms with van der Waals surface area (Å²) in [6.45, 7) is 0. The first-order valence-electron chi connectivity index (χ1n) is 19.5. The predicted molar refractivity (Wildman–Crippen MR) is 239 cm³/mol. The molecule has 0 saturated carbocycles. The number of thiophene rings is 1. The number of nitrogens with zero attached hydrogens (tertiary/aromatic N) is 2. The molecule has 2 aliphatic rings. The number of fused-ring (bicyclic) bond motifs is 12. The van der Waals surface area contributed by atoms with Crippen LogP contribution in [0.2, 0.25) is 0 Å². The largest absolute Gasteiger partial charge is 0.294 e. The maximum Gasteiger partial charge on any atom is 0.138 e. The van der Waals surface area contributed by atoms with E-state index in [9.17, 15) is 0 Å². The first kappa shape index (κ1) is 32.2. The molecule has 1 aliphatic heterocycles. The maximum atomic E-state index is 5.55. The number of anilines is 3. The van der Waals surface area contributed by atoms with Gasteiger partial charge in [-0.1, -0.05) is 170 Å². The third-order valence-corrected chi connectivity index (χ3v) is 13.2. The SMILES string of the molecule is c1ccc(-c2cc(-c3ccccc3)nc(N3c4ccccc4C4(c5ccccc5-c5ccccc54)c4ccc(-c5ccc6c(c5)sc5ccccc56)cc43)c2)cc1. The Morgan fingerprint density at radius 2 is 0.947 bits per heavy atom. The lowest BCUT2D eigenvalue weighted by molar-refractivity contribution is 0.751. The fraction of sp³-hybridized carbons (Fsp3) is 0.0185. The van der Waals surface area contributed by atoms with Crippen molar-refractivity contribution >= 4 is 48.7 Å². The molecule has 0 saturated heterocycles. The third kappa shape index (κ3) is 4.73. The Hall–Kier alpha value is -7.07. The second-order valence-corrected chi connectivity index (χ2v) is 16.1. The van der Waals surface area contributed by atoms with Crippen LogP contribution in [0.3, 0.4) is 0 Å². The number of rotatable bonds is 4. The van der Waals surface area contributed by atoms with E-state index in [1.807, 2.05) is 11.3 Å². The lowest BCUT2D eigenvalue weighted by atomic mass is 9.64. The Morgan fingerprint density at radius 1 is 0.368 bits per heavy atom. The Morgan fingerprint density at radius 3 is 1.72 bits per heavy atom. The van der Waals surface area contributed by atoms with E-state index in [0.717, 1.165) is 39.6 Å². The summed E-state index contributed by atoms with van der Waals surface area (Å²) in [6.07, 6.45) is 0. The molecule has 2 nitrogen and oxygen atoms in total. The van der Waals surface area contributed by atoms with Gasteiger partial charge in [0.05, 0.1) is 22.5 Å². The Bertz CT molecular complexity index is 3090. The summed E-state index contributed by atoms with van der Waals surface area (Å²) in [4.78, 5) is 7.98. The topological polar surface area (TPSA) is 16.1 Å². The molecule has 8 aromatic carbocycles. The Balaban J connectivity index is 1.17. The smallest absolute Gasteiger partial charge is 0.138 e. The molecular formula is C54H34N2S. The zero-order valence-corrected chi connectivity index (χ0v) is 31.7. The van der Waals surface area contributed by atoms with Crippen LogP contribution in [0.15, 0.2) is 206 Å². The normalized spacial score (nSPS) is 13.4. The van der Waals surface area contributed by atoms with E-state index in [4.69, 9.17) is 4.98 Å². The van der Waals surface area contributed by atoms with Gasteiger partial charge in [0.2, 0.25) is 0 Å². The number of hydrogen-bond donors (Lipinski definition) is 0. The first-order valence-corrected chi connectivity index (χ1v) is 20.4. The van der Waals surface area contributed by atoms with Gasteiger partial charge < -0.3 is 0 Å². The lowest BCUT2D eigenvalue weighted by Gasteiger charge is -2.45. The zero-order valence-electron chi connectivity index (χ0n) is 30.9. The number of benzene rings is 8. The molecule has 0 bridgehead atoms. The maximum absolute atomic E-state index is 5.55. The Labute approximate surface area is 335 Å². The minimum absolute atomic E-state index is 0.525. The van der Waals surface area contributed by atoms with Gasteiger partial charge in [-0.25, -0.2) is 4.98 Å². The van der Waals surface area contributed by atoms with Crippen molar-refractivity contribution in [1.82, 2.24) is 4.98 Å². The highest BCUT2D eigenvalue weighted by Gasteiger charge is 2.51. The molecule has 0 atom stereocenters. The molecule has 3 heterocycles. The van der Waals surface area contributed by atoms with Crippen molar-refractivity contribution in [3.8, 4) is 44.6 Å². The van der Waals surface area contributed by atoms with Gasteiger partial charge in [-0.05, 0) is 92.0 Å². The molecule has 266 valence electrons. The molecule has 0 unspecified atom stereocenters. The van der Waals surface area contributed by atoms with Gasteiger partial charge in [-0.15, -0.1) is 11.3 Å². The number of hydrogen-bond acceptors (Lipinski definition) is 3. The van der Waals surface area contributed by atoms with Crippen molar-refractivity contribution in [2.45, 2.75) is 5.41 Å². The predicted octanol–water partition coefficient (Wildman–Crippen LogP) is 14.6. The molecule has 0 amide bonds. The fourth-order valence-electron chi connectivity index (χ4n) is 9.63. The molecule has 10 aromatic rings. The molecule has 3 heteroatoms. The van der Waals surface area contributed by atoms with Gasteiger partial charge in [0.25, 0.3) is 0 Å². The highest BCUT2D eigenvalue weighted by molar-refractivity contribution is 7.25. The van der Waals surface area contributed by atoms with Crippen LogP contribution in [0, 0.1) is 0 Å². The van der Waals surface area contributed by atoms with Crippen molar-refractivity contribution in [3.63, 3.8) is 0 Å². The summed E-state index contributed by atoms with van der Waals surface area (Å²) in [5.41, 5.74) is 16.1. The van der Waals surface area contributed by atoms with Crippen LogP contribution in [-0.2, 0) is 5.41 Å². The van der Waals surface area contributed by atoms with Crippen LogP contribution in [-0.4, -0.2) is 4.98 Å². The van der Waals surface area contributed by atoms with Crippen molar-refractivity contribution in [2.75, 3.05) is 4.90 Å². The minimum atomic E-state index is -0.525. The van der Waals surface area contributed by atoms with E-state index in [-0.39, 0.29) is 0 Å². The molecule has 2 aromatic heterocycles. The summed E-state index contributed by atoms with van der Waals surface area (Å²) >= 11 is 1.87. The molecule has 12 rings (SSSR count). The highest BCUT2D eigenvalue weighted by Crippen LogP contribution is 2.63. The van der Waals surface area contributed by atoms with E-state index < -0.39 is 5.41 Å².